The highest BCUT2D eigenvalue weighted by molar-refractivity contribution is 5.25. The molecular weight excluding hydrogens is 172 g/mol. The molecule has 2 N–H and O–H groups in total. The fourth-order valence-electron chi connectivity index (χ4n) is 1.77. The Morgan fingerprint density at radius 1 is 1.50 bits per heavy atom. The lowest BCUT2D eigenvalue weighted by atomic mass is 9.91. The summed E-state index contributed by atoms with van der Waals surface area (Å²) >= 11 is 0. The average molecular weight is 192 g/mol. The van der Waals surface area contributed by atoms with Gasteiger partial charge in [-0.05, 0) is 36.5 Å². The molecule has 2 nitrogen and oxygen atoms in total. The van der Waals surface area contributed by atoms with Gasteiger partial charge in [0.25, 0.3) is 0 Å². The molecule has 1 aromatic heterocycles. The quantitative estimate of drug-likeness (QED) is 0.796. The third kappa shape index (κ3) is 2.55. The molecule has 0 aromatic carbocycles. The first kappa shape index (κ1) is 11.2. The highest BCUT2D eigenvalue weighted by atomic mass is 14.7. The second-order valence-corrected chi connectivity index (χ2v) is 4.02. The summed E-state index contributed by atoms with van der Waals surface area (Å²) in [5.41, 5.74) is 8.62. The first-order chi connectivity index (χ1) is 6.66. The third-order valence-corrected chi connectivity index (χ3v) is 2.80. The Balaban J connectivity index is 2.78. The van der Waals surface area contributed by atoms with Crippen molar-refractivity contribution < 1.29 is 0 Å². The van der Waals surface area contributed by atoms with Gasteiger partial charge in [-0.3, -0.25) is 4.98 Å². The van der Waals surface area contributed by atoms with Gasteiger partial charge in [0.15, 0.2) is 0 Å². The van der Waals surface area contributed by atoms with Crippen LogP contribution in [0.4, 0.5) is 0 Å². The first-order valence-electron chi connectivity index (χ1n) is 5.33. The number of aryl methyl sites for hydroxylation is 1. The van der Waals surface area contributed by atoms with Crippen molar-refractivity contribution in [2.75, 3.05) is 0 Å². The molecule has 0 saturated heterocycles. The van der Waals surface area contributed by atoms with Crippen LogP contribution in [0.25, 0.3) is 0 Å². The smallest absolute Gasteiger partial charge is 0.0338 e. The number of rotatable bonds is 4. The molecule has 14 heavy (non-hydrogen) atoms. The summed E-state index contributed by atoms with van der Waals surface area (Å²) in [7, 11) is 0. The van der Waals surface area contributed by atoms with Crippen LogP contribution in [-0.2, 0) is 0 Å². The molecule has 0 amide bonds. The maximum Gasteiger partial charge on any atom is 0.0338 e. The molecule has 1 aromatic rings. The van der Waals surface area contributed by atoms with Gasteiger partial charge in [0.05, 0.1) is 0 Å². The lowest BCUT2D eigenvalue weighted by molar-refractivity contribution is 0.431. The van der Waals surface area contributed by atoms with Gasteiger partial charge in [-0.1, -0.05) is 20.3 Å². The minimum atomic E-state index is 0.128. The number of aromatic nitrogens is 1. The molecule has 1 rings (SSSR count). The molecule has 0 bridgehead atoms. The van der Waals surface area contributed by atoms with Gasteiger partial charge in [-0.15, -0.1) is 0 Å². The molecule has 2 atom stereocenters. The number of nitrogens with zero attached hydrogens (tertiary/aromatic N) is 1. The van der Waals surface area contributed by atoms with Gasteiger partial charge in [0, 0.05) is 18.4 Å². The third-order valence-electron chi connectivity index (χ3n) is 2.80. The van der Waals surface area contributed by atoms with Crippen LogP contribution >= 0.6 is 0 Å². The van der Waals surface area contributed by atoms with Crippen LogP contribution in [0.15, 0.2) is 18.5 Å². The van der Waals surface area contributed by atoms with Crippen molar-refractivity contribution in [2.24, 2.45) is 11.7 Å². The Morgan fingerprint density at radius 3 is 2.79 bits per heavy atom. The van der Waals surface area contributed by atoms with E-state index in [1.54, 1.807) is 0 Å². The summed E-state index contributed by atoms with van der Waals surface area (Å²) in [4.78, 5) is 4.13. The Hall–Kier alpha value is -0.890. The van der Waals surface area contributed by atoms with Gasteiger partial charge >= 0.3 is 0 Å². The van der Waals surface area contributed by atoms with E-state index >= 15 is 0 Å². The largest absolute Gasteiger partial charge is 0.324 e. The topological polar surface area (TPSA) is 38.9 Å². The standard InChI is InChI=1S/C12H20N2/c1-4-5-10(3)12(13)11-8-14-7-6-9(11)2/h6-8,10,12H,4-5,13H2,1-3H3. The number of pyridine rings is 1. The van der Waals surface area contributed by atoms with Crippen LogP contribution in [0.5, 0.6) is 0 Å². The first-order valence-corrected chi connectivity index (χ1v) is 5.33. The average Bonchev–Trinajstić information content (AvgIpc) is 2.18. The van der Waals surface area contributed by atoms with Crippen molar-refractivity contribution in [2.45, 2.75) is 39.7 Å². The molecule has 2 unspecified atom stereocenters. The molecule has 2 heteroatoms. The molecule has 0 aliphatic heterocycles. The van der Waals surface area contributed by atoms with Gasteiger partial charge < -0.3 is 5.73 Å². The summed E-state index contributed by atoms with van der Waals surface area (Å²) in [5, 5.41) is 0. The normalized spacial score (nSPS) is 15.1. The van der Waals surface area contributed by atoms with E-state index in [0.29, 0.717) is 5.92 Å². The summed E-state index contributed by atoms with van der Waals surface area (Å²) < 4.78 is 0. The van der Waals surface area contributed by atoms with E-state index in [0.717, 1.165) is 0 Å². The zero-order chi connectivity index (χ0) is 10.6. The van der Waals surface area contributed by atoms with E-state index in [1.807, 2.05) is 18.5 Å². The molecule has 0 aliphatic rings. The maximum atomic E-state index is 6.19. The molecule has 1 heterocycles. The van der Waals surface area contributed by atoms with Crippen LogP contribution in [0.3, 0.4) is 0 Å². The Bertz CT molecular complexity index is 283. The highest BCUT2D eigenvalue weighted by Crippen LogP contribution is 2.24. The summed E-state index contributed by atoms with van der Waals surface area (Å²) in [6.45, 7) is 6.50. The van der Waals surface area contributed by atoms with Crippen LogP contribution < -0.4 is 5.73 Å². The van der Waals surface area contributed by atoms with Crippen molar-refractivity contribution in [1.82, 2.24) is 4.98 Å². The predicted octanol–water partition coefficient (Wildman–Crippen LogP) is 2.83. The van der Waals surface area contributed by atoms with E-state index in [-0.39, 0.29) is 6.04 Å². The monoisotopic (exact) mass is 192 g/mol. The molecule has 0 saturated carbocycles. The van der Waals surface area contributed by atoms with Gasteiger partial charge in [-0.25, -0.2) is 0 Å². The molecular formula is C12H20N2. The van der Waals surface area contributed by atoms with E-state index < -0.39 is 0 Å². The van der Waals surface area contributed by atoms with E-state index in [2.05, 4.69) is 25.8 Å². The minimum Gasteiger partial charge on any atom is -0.324 e. The molecule has 0 aliphatic carbocycles. The van der Waals surface area contributed by atoms with E-state index in [4.69, 9.17) is 5.73 Å². The summed E-state index contributed by atoms with van der Waals surface area (Å²) in [6.07, 6.45) is 6.08. The Labute approximate surface area is 86.5 Å². The number of hydrogen-bond acceptors (Lipinski definition) is 2. The molecule has 0 fully saturated rings. The van der Waals surface area contributed by atoms with Gasteiger partial charge in [0.2, 0.25) is 0 Å². The lowest BCUT2D eigenvalue weighted by Gasteiger charge is -2.20. The van der Waals surface area contributed by atoms with E-state index in [9.17, 15) is 0 Å². The van der Waals surface area contributed by atoms with Gasteiger partial charge in [0.1, 0.15) is 0 Å². The fraction of sp³-hybridized carbons (Fsp3) is 0.583. The minimum absolute atomic E-state index is 0.128. The Kier molecular flexibility index (Phi) is 4.08. The van der Waals surface area contributed by atoms with Crippen LogP contribution in [-0.4, -0.2) is 4.98 Å². The molecule has 78 valence electrons. The van der Waals surface area contributed by atoms with Crippen LogP contribution in [0, 0.1) is 12.8 Å². The lowest BCUT2D eigenvalue weighted by Crippen LogP contribution is -2.20. The van der Waals surface area contributed by atoms with Crippen LogP contribution in [0.2, 0.25) is 0 Å². The summed E-state index contributed by atoms with van der Waals surface area (Å²) in [5.74, 6) is 0.530. The summed E-state index contributed by atoms with van der Waals surface area (Å²) in [6, 6.07) is 2.15. The maximum absolute atomic E-state index is 6.19. The predicted molar refractivity (Wildman–Crippen MR) is 60.0 cm³/mol. The number of nitrogens with two attached hydrogens (primary N) is 1. The van der Waals surface area contributed by atoms with Crippen molar-refractivity contribution in [3.63, 3.8) is 0 Å². The number of hydrogen-bond donors (Lipinski definition) is 1. The van der Waals surface area contributed by atoms with Crippen molar-refractivity contribution in [1.29, 1.82) is 0 Å². The zero-order valence-electron chi connectivity index (χ0n) is 9.33. The van der Waals surface area contributed by atoms with Crippen molar-refractivity contribution >= 4 is 0 Å². The van der Waals surface area contributed by atoms with Gasteiger partial charge in [-0.2, -0.15) is 0 Å². The SMILES string of the molecule is CCCC(C)C(N)c1cnccc1C. The van der Waals surface area contributed by atoms with E-state index in [1.165, 1.54) is 24.0 Å². The van der Waals surface area contributed by atoms with Crippen LogP contribution in [0.1, 0.15) is 43.9 Å². The second-order valence-electron chi connectivity index (χ2n) is 4.02. The second kappa shape index (κ2) is 5.11. The highest BCUT2D eigenvalue weighted by Gasteiger charge is 2.15. The Morgan fingerprint density at radius 2 is 2.21 bits per heavy atom. The van der Waals surface area contributed by atoms with Crippen molar-refractivity contribution in [3.8, 4) is 0 Å². The van der Waals surface area contributed by atoms with Crippen molar-refractivity contribution in [3.05, 3.63) is 29.6 Å². The fourth-order valence-corrected chi connectivity index (χ4v) is 1.77. The molecule has 0 radical (unpaired) electrons. The molecule has 0 spiro atoms. The zero-order valence-corrected chi connectivity index (χ0v) is 9.33.